The number of hydrogen-bond donors (Lipinski definition) is 0. The van der Waals surface area contributed by atoms with Gasteiger partial charge in [-0.1, -0.05) is 0 Å². The topological polar surface area (TPSA) is 40.1 Å². The van der Waals surface area contributed by atoms with Crippen LogP contribution in [0.25, 0.3) is 0 Å². The fraction of sp³-hybridized carbons (Fsp3) is 0.500. The van der Waals surface area contributed by atoms with E-state index in [0.717, 1.165) is 6.92 Å². The summed E-state index contributed by atoms with van der Waals surface area (Å²) >= 11 is 0. The number of carboxylic acids is 1. The van der Waals surface area contributed by atoms with Crippen molar-refractivity contribution in [3.63, 3.8) is 0 Å². The van der Waals surface area contributed by atoms with Crippen LogP contribution in [0.3, 0.4) is 0 Å². The third-order valence-corrected chi connectivity index (χ3v) is 0. The molecule has 2 nitrogen and oxygen atoms in total. The molecule has 0 bridgehead atoms. The molecule has 5 heteroatoms. The van der Waals surface area contributed by atoms with E-state index in [1.165, 1.54) is 0 Å². The molecule has 0 amide bonds. The first-order valence-corrected chi connectivity index (χ1v) is 0.908. The van der Waals surface area contributed by atoms with Gasteiger partial charge < -0.3 is 22.3 Å². The van der Waals surface area contributed by atoms with Gasteiger partial charge in [-0.2, -0.15) is 0 Å². The summed E-state index contributed by atoms with van der Waals surface area (Å²) < 4.78 is 0. The minimum absolute atomic E-state index is 0. The second-order valence-electron chi connectivity index (χ2n) is 0.492. The van der Waals surface area contributed by atoms with Crippen LogP contribution in [0.4, 0.5) is 0 Å². The molecule has 7 heavy (non-hydrogen) atoms. The van der Waals surface area contributed by atoms with Crippen molar-refractivity contribution in [3.05, 3.63) is 0 Å². The third kappa shape index (κ3) is 126. The predicted molar refractivity (Wildman–Crippen MR) is 10.7 cm³/mol. The van der Waals surface area contributed by atoms with Gasteiger partial charge in [-0.15, -0.1) is 0 Å². The van der Waals surface area contributed by atoms with Crippen LogP contribution in [-0.2, 0) is 50.5 Å². The fourth-order valence-electron chi connectivity index (χ4n) is 0. The van der Waals surface area contributed by atoms with E-state index in [1.54, 1.807) is 0 Å². The van der Waals surface area contributed by atoms with Crippen LogP contribution in [0.1, 0.15) is 6.92 Å². The standard InChI is InChI=1S/C2H4O2.ClH.Zn.Zr/c1-2(3)4;;;/h1H3,(H,3,4);1H;;/q;;+2;+4/p-2. The Morgan fingerprint density at radius 1 is 1.57 bits per heavy atom. The second-order valence-corrected chi connectivity index (χ2v) is 0.492. The van der Waals surface area contributed by atoms with Crippen LogP contribution < -0.4 is 17.5 Å². The van der Waals surface area contributed by atoms with Gasteiger partial charge >= 0.3 is 45.7 Å². The summed E-state index contributed by atoms with van der Waals surface area (Å²) in [4.78, 5) is 8.89. The van der Waals surface area contributed by atoms with Gasteiger partial charge in [0.05, 0.1) is 0 Å². The Balaban J connectivity index is -0.0000000150. The summed E-state index contributed by atoms with van der Waals surface area (Å²) in [6.45, 7) is 0.972. The number of aliphatic carboxylic acids is 1. The molecule has 0 aromatic heterocycles. The molecule has 0 aromatic carbocycles. The van der Waals surface area contributed by atoms with Crippen LogP contribution in [0.15, 0.2) is 0 Å². The molecular weight excluding hydrogens is 248 g/mol. The summed E-state index contributed by atoms with van der Waals surface area (Å²) in [6.07, 6.45) is 0. The zero-order valence-corrected chi connectivity index (χ0v) is 10.1. The van der Waals surface area contributed by atoms with Gasteiger partial charge in [0.15, 0.2) is 0 Å². The average Bonchev–Trinajstić information content (AvgIpc) is 0.811. The largest absolute Gasteiger partial charge is 4.00 e. The number of hydrogen-bond acceptors (Lipinski definition) is 2. The van der Waals surface area contributed by atoms with Gasteiger partial charge in [0.1, 0.15) is 0 Å². The molecule has 0 heterocycles. The van der Waals surface area contributed by atoms with Crippen molar-refractivity contribution >= 4 is 5.97 Å². The van der Waals surface area contributed by atoms with Crippen LogP contribution in [0.2, 0.25) is 0 Å². The summed E-state index contributed by atoms with van der Waals surface area (Å²) in [5, 5.41) is 8.89. The normalized spacial score (nSPS) is 3.57. The van der Waals surface area contributed by atoms with E-state index < -0.39 is 5.97 Å². The van der Waals surface area contributed by atoms with Crippen LogP contribution in [-0.4, -0.2) is 5.97 Å². The Morgan fingerprint density at radius 3 is 1.57 bits per heavy atom. The van der Waals surface area contributed by atoms with Crippen LogP contribution in [0.5, 0.6) is 0 Å². The Hall–Kier alpha value is 1.27. The monoisotopic (exact) mass is 248 g/mol. The number of carbonyl (C=O) groups is 1. The molecule has 0 aromatic rings. The number of rotatable bonds is 0. The second kappa shape index (κ2) is 15.7. The van der Waals surface area contributed by atoms with Crippen molar-refractivity contribution in [3.8, 4) is 0 Å². The van der Waals surface area contributed by atoms with E-state index in [-0.39, 0.29) is 58.1 Å². The molecule has 0 fully saturated rings. The van der Waals surface area contributed by atoms with Crippen molar-refractivity contribution in [2.75, 3.05) is 0 Å². The Bertz CT molecular complexity index is 38.7. The molecule has 0 saturated carbocycles. The van der Waals surface area contributed by atoms with Gasteiger partial charge in [-0.05, 0) is 6.92 Å². The van der Waals surface area contributed by atoms with Crippen LogP contribution in [0, 0.1) is 0 Å². The Labute approximate surface area is 80.3 Å². The van der Waals surface area contributed by atoms with E-state index in [1.807, 2.05) is 0 Å². The van der Waals surface area contributed by atoms with Gasteiger partial charge in [-0.3, -0.25) is 0 Å². The van der Waals surface area contributed by atoms with Crippen molar-refractivity contribution < 1.29 is 68.0 Å². The molecule has 0 aliphatic heterocycles. The molecule has 32 valence electrons. The Kier molecular flexibility index (Phi) is 53.7. The van der Waals surface area contributed by atoms with E-state index in [9.17, 15) is 0 Å². The first-order chi connectivity index (χ1) is 1.73. The first-order valence-electron chi connectivity index (χ1n) is 0.908. The quantitative estimate of drug-likeness (QED) is 0.409. The van der Waals surface area contributed by atoms with E-state index in [4.69, 9.17) is 9.90 Å². The molecule has 0 aliphatic rings. The maximum absolute atomic E-state index is 8.89. The van der Waals surface area contributed by atoms with Crippen molar-refractivity contribution in [2.24, 2.45) is 0 Å². The fourth-order valence-corrected chi connectivity index (χ4v) is 0. The average molecular weight is 251 g/mol. The summed E-state index contributed by atoms with van der Waals surface area (Å²) in [5.41, 5.74) is 0. The van der Waals surface area contributed by atoms with Gasteiger partial charge in [-0.25, -0.2) is 0 Å². The van der Waals surface area contributed by atoms with E-state index >= 15 is 0 Å². The van der Waals surface area contributed by atoms with Crippen LogP contribution >= 0.6 is 0 Å². The Morgan fingerprint density at radius 2 is 1.57 bits per heavy atom. The molecule has 0 aliphatic carbocycles. The van der Waals surface area contributed by atoms with Crippen molar-refractivity contribution in [1.82, 2.24) is 0 Å². The SMILES string of the molecule is CC(=O)[O-].[Cl-].[Zn+2].[Zr+4]. The summed E-state index contributed by atoms with van der Waals surface area (Å²) in [7, 11) is 0. The maximum Gasteiger partial charge on any atom is 4.00 e. The minimum atomic E-state index is -1.08. The van der Waals surface area contributed by atoms with E-state index in [0.29, 0.717) is 0 Å². The smallest absolute Gasteiger partial charge is 1.00 e. The zero-order chi connectivity index (χ0) is 3.58. The molecule has 0 saturated heterocycles. The number of halogens is 1. The number of carboxylic acid groups (broad SMARTS) is 1. The zero-order valence-electron chi connectivity index (χ0n) is 3.90. The van der Waals surface area contributed by atoms with E-state index in [2.05, 4.69) is 0 Å². The molecule has 0 radical (unpaired) electrons. The molecule has 0 rings (SSSR count). The van der Waals surface area contributed by atoms with Gasteiger partial charge in [0, 0.05) is 5.97 Å². The predicted octanol–water partition coefficient (Wildman–Crippen LogP) is -4.24. The van der Waals surface area contributed by atoms with Crippen molar-refractivity contribution in [1.29, 1.82) is 0 Å². The number of carbonyl (C=O) groups excluding carboxylic acids is 1. The minimum Gasteiger partial charge on any atom is -1.00 e. The maximum atomic E-state index is 8.89. The van der Waals surface area contributed by atoms with Gasteiger partial charge in [0.25, 0.3) is 0 Å². The third-order valence-electron chi connectivity index (χ3n) is 0. The van der Waals surface area contributed by atoms with Gasteiger partial charge in [0.2, 0.25) is 0 Å². The molecule has 0 N–H and O–H groups in total. The summed E-state index contributed by atoms with van der Waals surface area (Å²) in [6, 6.07) is 0. The first kappa shape index (κ1) is 24.0. The van der Waals surface area contributed by atoms with Crippen molar-refractivity contribution in [2.45, 2.75) is 6.92 Å². The molecule has 0 unspecified atom stereocenters. The summed E-state index contributed by atoms with van der Waals surface area (Å²) in [5.74, 6) is -1.08. The molecular formula is C2H3ClO2ZnZr+4. The molecule has 0 spiro atoms. The molecule has 0 atom stereocenters.